The van der Waals surface area contributed by atoms with Gasteiger partial charge < -0.3 is 25.9 Å². The molecule has 14 nitrogen and oxygen atoms in total. The van der Waals surface area contributed by atoms with Gasteiger partial charge in [0, 0.05) is 33.9 Å². The van der Waals surface area contributed by atoms with Crippen molar-refractivity contribution < 1.29 is 4.79 Å². The summed E-state index contributed by atoms with van der Waals surface area (Å²) in [5.74, 6) is 0.220. The van der Waals surface area contributed by atoms with Gasteiger partial charge in [-0.3, -0.25) is 9.48 Å². The van der Waals surface area contributed by atoms with Crippen LogP contribution in [0.15, 0.2) is 67.9 Å². The summed E-state index contributed by atoms with van der Waals surface area (Å²) < 4.78 is 5.14. The fourth-order valence-electron chi connectivity index (χ4n) is 3.36. The van der Waals surface area contributed by atoms with Gasteiger partial charge in [0.25, 0.3) is 5.91 Å². The van der Waals surface area contributed by atoms with E-state index in [0.717, 1.165) is 34.7 Å². The van der Waals surface area contributed by atoms with Crippen molar-refractivity contribution >= 4 is 39.7 Å². The summed E-state index contributed by atoms with van der Waals surface area (Å²) in [6.07, 6.45) is 8.10. The van der Waals surface area contributed by atoms with Gasteiger partial charge in [-0.15, -0.1) is 5.10 Å². The zero-order chi connectivity index (χ0) is 27.1. The summed E-state index contributed by atoms with van der Waals surface area (Å²) in [6, 6.07) is 11.9. The number of imidazole rings is 2. The lowest BCUT2D eigenvalue weighted by Crippen LogP contribution is -2.13. The molecule has 38 heavy (non-hydrogen) atoms. The molecule has 6 aromatic rings. The second kappa shape index (κ2) is 11.6. The number of amides is 1. The normalized spacial score (nSPS) is 10.4. The summed E-state index contributed by atoms with van der Waals surface area (Å²) in [4.78, 5) is 34.9. The molecular weight excluding hydrogens is 486 g/mol. The molecule has 0 unspecified atom stereocenters. The average Bonchev–Trinajstić information content (AvgIpc) is 3.64. The van der Waals surface area contributed by atoms with Crippen LogP contribution in [0.5, 0.6) is 0 Å². The zero-order valence-electron chi connectivity index (χ0n) is 21.1. The summed E-state index contributed by atoms with van der Waals surface area (Å²) in [7, 11) is 5.48. The van der Waals surface area contributed by atoms with Gasteiger partial charge in [-0.25, -0.2) is 29.9 Å². The van der Waals surface area contributed by atoms with Crippen LogP contribution in [0.2, 0.25) is 0 Å². The highest BCUT2D eigenvalue weighted by molar-refractivity contribution is 5.88. The molecule has 194 valence electrons. The van der Waals surface area contributed by atoms with Crippen molar-refractivity contribution in [1.82, 2.24) is 48.8 Å². The molecule has 0 aliphatic rings. The number of nitrogens with one attached hydrogen (secondary N) is 1. The summed E-state index contributed by atoms with van der Waals surface area (Å²) in [5.41, 5.74) is 15.6. The molecule has 0 fully saturated rings. The number of aryl methyl sites for hydroxylation is 3. The van der Waals surface area contributed by atoms with Crippen molar-refractivity contribution in [2.75, 3.05) is 11.1 Å². The molecule has 0 atom stereocenters. The lowest BCUT2D eigenvalue weighted by molar-refractivity contribution is 0.0990. The molecule has 0 aliphatic carbocycles. The van der Waals surface area contributed by atoms with Gasteiger partial charge >= 0.3 is 0 Å². The number of nitrogens with two attached hydrogens (primary N) is 2. The first-order chi connectivity index (χ1) is 18.3. The number of pyridine rings is 1. The van der Waals surface area contributed by atoms with E-state index in [-0.39, 0.29) is 5.82 Å². The minimum Gasteiger partial charge on any atom is -0.397 e. The minimum atomic E-state index is -0.601. The Morgan fingerprint density at radius 3 is 2.13 bits per heavy atom. The number of carbonyl (C=O) groups is 1. The van der Waals surface area contributed by atoms with Gasteiger partial charge in [0.05, 0.1) is 18.3 Å². The Kier molecular flexibility index (Phi) is 7.81. The standard InChI is InChI=1S/C13H13N5.C7H8N4.C4H6N4O/c1-18-9-17-11-12(15-8-16-13(11)18)14-7-10-5-3-2-4-6-10;1-11-4-10-6-5(8)2-3-9-7(6)11;1-8-2-6-4(7-8)3(5)9/h2-6,8-9H,7H2,1H3,(H,14,15,16);2-4H,1H3,(H2,8,9);2H,1H3,(H2,5,9). The first kappa shape index (κ1) is 25.7. The number of fused-ring (bicyclic) bond motifs is 2. The highest BCUT2D eigenvalue weighted by Crippen LogP contribution is 2.17. The van der Waals surface area contributed by atoms with Crippen LogP contribution in [-0.4, -0.2) is 54.7 Å². The van der Waals surface area contributed by atoms with E-state index in [9.17, 15) is 4.79 Å². The molecule has 5 heterocycles. The fourth-order valence-corrected chi connectivity index (χ4v) is 3.36. The SMILES string of the molecule is Cn1cnc(C(N)=O)n1.Cn1cnc2c(N)ccnc21.Cn1cnc2c(NCc3ccccc3)ncnc21. The van der Waals surface area contributed by atoms with Crippen LogP contribution < -0.4 is 16.8 Å². The Labute approximate surface area is 217 Å². The minimum absolute atomic E-state index is 0.0532. The number of anilines is 2. The van der Waals surface area contributed by atoms with Crippen molar-refractivity contribution in [1.29, 1.82) is 0 Å². The fraction of sp³-hybridized carbons (Fsp3) is 0.167. The summed E-state index contributed by atoms with van der Waals surface area (Å²) in [5, 5.41) is 6.93. The Hall–Kier alpha value is -5.40. The van der Waals surface area contributed by atoms with Crippen molar-refractivity contribution in [3.05, 3.63) is 79.3 Å². The molecular formula is C24H27N13O. The van der Waals surface area contributed by atoms with E-state index < -0.39 is 5.91 Å². The second-order valence-electron chi connectivity index (χ2n) is 8.12. The van der Waals surface area contributed by atoms with Crippen LogP contribution in [0, 0.1) is 0 Å². The number of benzene rings is 1. The third-order valence-corrected chi connectivity index (χ3v) is 5.25. The summed E-state index contributed by atoms with van der Waals surface area (Å²) in [6.45, 7) is 0.726. The molecule has 0 spiro atoms. The van der Waals surface area contributed by atoms with Crippen LogP contribution in [0.3, 0.4) is 0 Å². The van der Waals surface area contributed by atoms with Gasteiger partial charge in [-0.1, -0.05) is 30.3 Å². The van der Waals surface area contributed by atoms with Crippen molar-refractivity contribution in [3.8, 4) is 0 Å². The van der Waals surface area contributed by atoms with E-state index in [1.807, 2.05) is 41.4 Å². The molecule has 6 rings (SSSR count). The van der Waals surface area contributed by atoms with Gasteiger partial charge in [-0.05, 0) is 11.6 Å². The van der Waals surface area contributed by atoms with Gasteiger partial charge in [-0.2, -0.15) is 0 Å². The molecule has 1 aromatic carbocycles. The van der Waals surface area contributed by atoms with Gasteiger partial charge in [0.1, 0.15) is 23.7 Å². The number of primary amides is 1. The molecule has 0 aliphatic heterocycles. The molecule has 0 saturated heterocycles. The van der Waals surface area contributed by atoms with Crippen LogP contribution in [0.4, 0.5) is 11.5 Å². The maximum atomic E-state index is 10.3. The van der Waals surface area contributed by atoms with E-state index in [2.05, 4.69) is 52.5 Å². The maximum Gasteiger partial charge on any atom is 0.288 e. The first-order valence-electron chi connectivity index (χ1n) is 11.4. The smallest absolute Gasteiger partial charge is 0.288 e. The van der Waals surface area contributed by atoms with Crippen molar-refractivity contribution in [3.63, 3.8) is 0 Å². The average molecular weight is 514 g/mol. The highest BCUT2D eigenvalue weighted by atomic mass is 16.1. The third kappa shape index (κ3) is 6.04. The topological polar surface area (TPSA) is 186 Å². The number of nitrogen functional groups attached to an aromatic ring is 1. The maximum absolute atomic E-state index is 10.3. The van der Waals surface area contributed by atoms with E-state index in [1.165, 1.54) is 16.6 Å². The van der Waals surface area contributed by atoms with Crippen LogP contribution in [-0.2, 0) is 27.7 Å². The van der Waals surface area contributed by atoms with E-state index in [4.69, 9.17) is 11.5 Å². The quantitative estimate of drug-likeness (QED) is 0.311. The number of hydrogen-bond donors (Lipinski definition) is 3. The summed E-state index contributed by atoms with van der Waals surface area (Å²) >= 11 is 0. The molecule has 0 bridgehead atoms. The molecule has 0 saturated carbocycles. The molecule has 5 aromatic heterocycles. The van der Waals surface area contributed by atoms with E-state index in [0.29, 0.717) is 5.69 Å². The Morgan fingerprint density at radius 1 is 0.842 bits per heavy atom. The number of hydrogen-bond acceptors (Lipinski definition) is 10. The van der Waals surface area contributed by atoms with Crippen LogP contribution in [0.25, 0.3) is 22.3 Å². The van der Waals surface area contributed by atoms with Crippen LogP contribution in [0.1, 0.15) is 16.2 Å². The number of rotatable bonds is 4. The lowest BCUT2D eigenvalue weighted by Gasteiger charge is -2.05. The van der Waals surface area contributed by atoms with Crippen molar-refractivity contribution in [2.45, 2.75) is 6.54 Å². The van der Waals surface area contributed by atoms with Gasteiger partial charge in [0.15, 0.2) is 17.1 Å². The lowest BCUT2D eigenvalue weighted by atomic mass is 10.2. The second-order valence-corrected chi connectivity index (χ2v) is 8.12. The van der Waals surface area contributed by atoms with E-state index in [1.54, 1.807) is 38.3 Å². The largest absolute Gasteiger partial charge is 0.397 e. The molecule has 14 heteroatoms. The number of nitrogens with zero attached hydrogens (tertiary/aromatic N) is 10. The number of carbonyl (C=O) groups excluding carboxylic acids is 1. The van der Waals surface area contributed by atoms with Crippen LogP contribution >= 0.6 is 0 Å². The number of aromatic nitrogens is 10. The first-order valence-corrected chi connectivity index (χ1v) is 11.4. The Balaban J connectivity index is 0.000000144. The zero-order valence-corrected chi connectivity index (χ0v) is 21.1. The highest BCUT2D eigenvalue weighted by Gasteiger charge is 2.07. The predicted molar refractivity (Wildman–Crippen MR) is 143 cm³/mol. The Bertz CT molecular complexity index is 1650. The molecule has 1 amide bonds. The molecule has 5 N–H and O–H groups in total. The monoisotopic (exact) mass is 513 g/mol. The molecule has 0 radical (unpaired) electrons. The van der Waals surface area contributed by atoms with Gasteiger partial charge in [0.2, 0.25) is 5.82 Å². The predicted octanol–water partition coefficient (Wildman–Crippen LogP) is 1.44. The van der Waals surface area contributed by atoms with E-state index >= 15 is 0 Å². The van der Waals surface area contributed by atoms with Crippen molar-refractivity contribution in [2.24, 2.45) is 26.9 Å². The third-order valence-electron chi connectivity index (χ3n) is 5.25. The Morgan fingerprint density at radius 2 is 1.53 bits per heavy atom.